The zero-order valence-electron chi connectivity index (χ0n) is 11.8. The summed E-state index contributed by atoms with van der Waals surface area (Å²) in [7, 11) is 0. The lowest BCUT2D eigenvalue weighted by molar-refractivity contribution is -0.182. The van der Waals surface area contributed by atoms with Crippen molar-refractivity contribution in [1.82, 2.24) is 0 Å². The van der Waals surface area contributed by atoms with Crippen molar-refractivity contribution < 1.29 is 17.7 Å². The maximum absolute atomic E-state index is 12.6. The van der Waals surface area contributed by atoms with E-state index in [1.807, 2.05) is 19.1 Å². The lowest BCUT2D eigenvalue weighted by atomic mass is 9.82. The molecule has 0 aliphatic heterocycles. The molecule has 0 radical (unpaired) electrons. The van der Waals surface area contributed by atoms with Gasteiger partial charge in [-0.15, -0.1) is 0 Å². The molecule has 1 saturated carbocycles. The van der Waals surface area contributed by atoms with E-state index in [2.05, 4.69) is 4.40 Å². The van der Waals surface area contributed by atoms with E-state index in [9.17, 15) is 17.7 Å². The SMILES string of the molecule is Cc1ccc([S@+]([O-])N=CC2CCC(C(F)(F)F)CC2)cc1. The van der Waals surface area contributed by atoms with Gasteiger partial charge in [0.05, 0.1) is 12.1 Å². The zero-order valence-corrected chi connectivity index (χ0v) is 12.6. The summed E-state index contributed by atoms with van der Waals surface area (Å²) >= 11 is -1.47. The summed E-state index contributed by atoms with van der Waals surface area (Å²) in [5, 5.41) is 0. The molecule has 1 aromatic carbocycles. The minimum atomic E-state index is -4.09. The summed E-state index contributed by atoms with van der Waals surface area (Å²) in [5.41, 5.74) is 1.07. The molecule has 0 bridgehead atoms. The standard InChI is InChI=1S/C15H18F3NOS/c1-11-2-8-14(9-3-11)21(20)19-10-12-4-6-13(7-5-12)15(16,17)18/h2-3,8-10,12-13H,4-7H2,1H3/t12?,13?,21-/m0/s1. The van der Waals surface area contributed by atoms with E-state index >= 15 is 0 Å². The van der Waals surface area contributed by atoms with Crippen molar-refractivity contribution in [3.63, 3.8) is 0 Å². The quantitative estimate of drug-likeness (QED) is 0.599. The Labute approximate surface area is 125 Å². The topological polar surface area (TPSA) is 35.4 Å². The van der Waals surface area contributed by atoms with Crippen LogP contribution in [0.1, 0.15) is 31.2 Å². The summed E-state index contributed by atoms with van der Waals surface area (Å²) < 4.78 is 53.6. The van der Waals surface area contributed by atoms with Gasteiger partial charge in [0, 0.05) is 0 Å². The normalized spacial score (nSPS) is 25.2. The van der Waals surface area contributed by atoms with Gasteiger partial charge in [-0.1, -0.05) is 22.1 Å². The number of halogens is 3. The number of hydrogen-bond donors (Lipinski definition) is 0. The largest absolute Gasteiger partial charge is 0.586 e. The Morgan fingerprint density at radius 1 is 1.14 bits per heavy atom. The van der Waals surface area contributed by atoms with E-state index in [1.54, 1.807) is 18.3 Å². The molecule has 0 spiro atoms. The number of rotatable bonds is 3. The first kappa shape index (κ1) is 16.4. The fraction of sp³-hybridized carbons (Fsp3) is 0.533. The van der Waals surface area contributed by atoms with Crippen LogP contribution in [0.5, 0.6) is 0 Å². The van der Waals surface area contributed by atoms with Gasteiger partial charge in [0.2, 0.25) is 0 Å². The van der Waals surface area contributed by atoms with Crippen molar-refractivity contribution in [2.75, 3.05) is 0 Å². The van der Waals surface area contributed by atoms with Crippen molar-refractivity contribution in [2.24, 2.45) is 16.2 Å². The third kappa shape index (κ3) is 4.74. The first-order valence-corrected chi connectivity index (χ1v) is 8.06. The average Bonchev–Trinajstić information content (AvgIpc) is 2.45. The molecule has 1 atom stereocenters. The van der Waals surface area contributed by atoms with Gasteiger partial charge in [0.25, 0.3) is 0 Å². The predicted molar refractivity (Wildman–Crippen MR) is 77.6 cm³/mol. The molecule has 0 saturated heterocycles. The van der Waals surface area contributed by atoms with E-state index in [0.717, 1.165) is 5.56 Å². The first-order chi connectivity index (χ1) is 9.86. The molecule has 0 heterocycles. The molecule has 21 heavy (non-hydrogen) atoms. The van der Waals surface area contributed by atoms with E-state index in [1.165, 1.54) is 0 Å². The number of hydrogen-bond acceptors (Lipinski definition) is 2. The molecule has 0 aromatic heterocycles. The van der Waals surface area contributed by atoms with Crippen LogP contribution in [0, 0.1) is 18.8 Å². The second-order valence-electron chi connectivity index (χ2n) is 5.47. The second kappa shape index (κ2) is 6.83. The highest BCUT2D eigenvalue weighted by atomic mass is 32.2. The highest BCUT2D eigenvalue weighted by Gasteiger charge is 2.41. The van der Waals surface area contributed by atoms with Crippen molar-refractivity contribution in [3.05, 3.63) is 29.8 Å². The van der Waals surface area contributed by atoms with Crippen LogP contribution in [0.15, 0.2) is 33.6 Å². The predicted octanol–water partition coefficient (Wildman–Crippen LogP) is 4.46. The van der Waals surface area contributed by atoms with Crippen LogP contribution in [-0.2, 0) is 11.4 Å². The molecular weight excluding hydrogens is 299 g/mol. The highest BCUT2D eigenvalue weighted by Crippen LogP contribution is 2.39. The lowest BCUT2D eigenvalue weighted by Crippen LogP contribution is -2.28. The number of nitrogens with zero attached hydrogens (tertiary/aromatic N) is 1. The van der Waals surface area contributed by atoms with Crippen molar-refractivity contribution in [1.29, 1.82) is 0 Å². The minimum Gasteiger partial charge on any atom is -0.586 e. The van der Waals surface area contributed by atoms with Crippen LogP contribution >= 0.6 is 0 Å². The number of aryl methyl sites for hydroxylation is 1. The Kier molecular flexibility index (Phi) is 5.32. The Bertz CT molecular complexity index is 479. The summed E-state index contributed by atoms with van der Waals surface area (Å²) in [4.78, 5) is 0.612. The molecule has 6 heteroatoms. The fourth-order valence-electron chi connectivity index (χ4n) is 2.45. The van der Waals surface area contributed by atoms with Crippen LogP contribution in [0.3, 0.4) is 0 Å². The van der Waals surface area contributed by atoms with Gasteiger partial charge in [-0.05, 0) is 50.7 Å². The maximum Gasteiger partial charge on any atom is 0.391 e. The summed E-state index contributed by atoms with van der Waals surface area (Å²) in [6, 6.07) is 7.22. The van der Waals surface area contributed by atoms with Crippen molar-refractivity contribution in [3.8, 4) is 0 Å². The molecule has 1 aliphatic carbocycles. The summed E-state index contributed by atoms with van der Waals surface area (Å²) in [6.45, 7) is 1.94. The third-order valence-corrected chi connectivity index (χ3v) is 4.81. The molecule has 1 aromatic rings. The van der Waals surface area contributed by atoms with Crippen LogP contribution < -0.4 is 0 Å². The number of benzene rings is 1. The second-order valence-corrected chi connectivity index (χ2v) is 6.65. The van der Waals surface area contributed by atoms with Crippen molar-refractivity contribution >= 4 is 17.6 Å². The first-order valence-electron chi connectivity index (χ1n) is 6.95. The minimum absolute atomic E-state index is 0.00185. The molecule has 0 N–H and O–H groups in total. The monoisotopic (exact) mass is 317 g/mol. The average molecular weight is 317 g/mol. The van der Waals surface area contributed by atoms with Gasteiger partial charge in [-0.2, -0.15) is 13.2 Å². The molecule has 1 aliphatic rings. The fourth-order valence-corrected chi connectivity index (χ4v) is 3.23. The van der Waals surface area contributed by atoms with Gasteiger partial charge in [0.1, 0.15) is 11.4 Å². The molecule has 2 nitrogen and oxygen atoms in total. The van der Waals surface area contributed by atoms with Gasteiger partial charge >= 0.3 is 6.18 Å². The van der Waals surface area contributed by atoms with Gasteiger partial charge in [-0.25, -0.2) is 0 Å². The maximum atomic E-state index is 12.6. The highest BCUT2D eigenvalue weighted by molar-refractivity contribution is 7.90. The van der Waals surface area contributed by atoms with Gasteiger partial charge in [-0.3, -0.25) is 0 Å². The molecule has 2 rings (SSSR count). The van der Waals surface area contributed by atoms with Gasteiger partial charge < -0.3 is 4.55 Å². The molecular formula is C15H18F3NOS. The van der Waals surface area contributed by atoms with E-state index < -0.39 is 23.5 Å². The van der Waals surface area contributed by atoms with Crippen LogP contribution in [-0.4, -0.2) is 16.9 Å². The van der Waals surface area contributed by atoms with Crippen LogP contribution in [0.4, 0.5) is 13.2 Å². The smallest absolute Gasteiger partial charge is 0.391 e. The molecule has 1 fully saturated rings. The lowest BCUT2D eigenvalue weighted by Gasteiger charge is -2.27. The van der Waals surface area contributed by atoms with Crippen molar-refractivity contribution in [2.45, 2.75) is 43.7 Å². The number of alkyl halides is 3. The van der Waals surface area contributed by atoms with Crippen LogP contribution in [0.25, 0.3) is 0 Å². The summed E-state index contributed by atoms with van der Waals surface area (Å²) in [5.74, 6) is -1.19. The Morgan fingerprint density at radius 2 is 1.71 bits per heavy atom. The molecule has 0 unspecified atom stereocenters. The Morgan fingerprint density at radius 3 is 2.24 bits per heavy atom. The Balaban J connectivity index is 1.86. The summed E-state index contributed by atoms with van der Waals surface area (Å²) in [6.07, 6.45) is -1.33. The van der Waals surface area contributed by atoms with Crippen LogP contribution in [0.2, 0.25) is 0 Å². The van der Waals surface area contributed by atoms with Gasteiger partial charge in [0.15, 0.2) is 4.90 Å². The van der Waals surface area contributed by atoms with E-state index in [0.29, 0.717) is 17.7 Å². The van der Waals surface area contributed by atoms with E-state index in [-0.39, 0.29) is 18.8 Å². The molecule has 116 valence electrons. The Hall–Kier alpha value is -1.01. The zero-order chi connectivity index (χ0) is 15.5. The molecule has 0 amide bonds. The van der Waals surface area contributed by atoms with E-state index in [4.69, 9.17) is 0 Å². The third-order valence-electron chi connectivity index (χ3n) is 3.82.